The third kappa shape index (κ3) is 1.98. The van der Waals surface area contributed by atoms with Crippen LogP contribution in [-0.4, -0.2) is 20.4 Å². The molecule has 0 aliphatic carbocycles. The molecule has 1 aromatic heterocycles. The Bertz CT molecular complexity index is 494. The van der Waals surface area contributed by atoms with Crippen LogP contribution in [0.15, 0.2) is 22.7 Å². The molecule has 0 fully saturated rings. The standard InChI is InChI=1S/C11H12N2O3/c1-2-3-10-12-11(16-13-10)8-5-4-7(14)6-9(8)15/h4-6,14-15H,2-3H2,1H3. The first-order valence-corrected chi connectivity index (χ1v) is 5.05. The van der Waals surface area contributed by atoms with Crippen molar-refractivity contribution in [1.29, 1.82) is 0 Å². The monoisotopic (exact) mass is 220 g/mol. The molecule has 0 atom stereocenters. The number of hydrogen-bond acceptors (Lipinski definition) is 5. The number of phenolic OH excluding ortho intramolecular Hbond substituents is 2. The zero-order valence-electron chi connectivity index (χ0n) is 8.84. The van der Waals surface area contributed by atoms with E-state index in [9.17, 15) is 5.11 Å². The van der Waals surface area contributed by atoms with Crippen molar-refractivity contribution in [3.63, 3.8) is 0 Å². The number of aromatic hydroxyl groups is 2. The molecular weight excluding hydrogens is 208 g/mol. The Morgan fingerprint density at radius 1 is 1.31 bits per heavy atom. The van der Waals surface area contributed by atoms with Crippen molar-refractivity contribution in [2.45, 2.75) is 19.8 Å². The summed E-state index contributed by atoms with van der Waals surface area (Å²) in [6.07, 6.45) is 1.67. The zero-order chi connectivity index (χ0) is 11.5. The SMILES string of the molecule is CCCc1noc(-c2ccc(O)cc2O)n1. The van der Waals surface area contributed by atoms with Gasteiger partial charge < -0.3 is 14.7 Å². The molecule has 84 valence electrons. The predicted octanol–water partition coefficient (Wildman–Crippen LogP) is 2.10. The fraction of sp³-hybridized carbons (Fsp3) is 0.273. The van der Waals surface area contributed by atoms with E-state index in [0.717, 1.165) is 12.8 Å². The largest absolute Gasteiger partial charge is 0.508 e. The van der Waals surface area contributed by atoms with Gasteiger partial charge in [0.25, 0.3) is 5.89 Å². The molecule has 5 nitrogen and oxygen atoms in total. The van der Waals surface area contributed by atoms with Gasteiger partial charge in [-0.3, -0.25) is 0 Å². The van der Waals surface area contributed by atoms with Crippen molar-refractivity contribution in [3.05, 3.63) is 24.0 Å². The number of nitrogens with zero attached hydrogens (tertiary/aromatic N) is 2. The van der Waals surface area contributed by atoms with E-state index in [1.807, 2.05) is 6.92 Å². The fourth-order valence-electron chi connectivity index (χ4n) is 1.39. The molecule has 1 heterocycles. The molecule has 2 aromatic rings. The maximum atomic E-state index is 9.60. The normalized spacial score (nSPS) is 10.6. The first kappa shape index (κ1) is 10.5. The van der Waals surface area contributed by atoms with Gasteiger partial charge in [0, 0.05) is 12.5 Å². The summed E-state index contributed by atoms with van der Waals surface area (Å²) < 4.78 is 5.02. The molecule has 0 amide bonds. The van der Waals surface area contributed by atoms with Gasteiger partial charge in [0.1, 0.15) is 11.5 Å². The molecule has 2 rings (SSSR count). The van der Waals surface area contributed by atoms with Crippen molar-refractivity contribution in [2.24, 2.45) is 0 Å². The first-order valence-electron chi connectivity index (χ1n) is 5.05. The van der Waals surface area contributed by atoms with Crippen molar-refractivity contribution in [2.75, 3.05) is 0 Å². The lowest BCUT2D eigenvalue weighted by atomic mass is 10.2. The van der Waals surface area contributed by atoms with E-state index in [1.54, 1.807) is 0 Å². The molecular formula is C11H12N2O3. The van der Waals surface area contributed by atoms with Gasteiger partial charge in [-0.15, -0.1) is 0 Å². The second-order valence-electron chi connectivity index (χ2n) is 3.47. The van der Waals surface area contributed by atoms with Crippen LogP contribution < -0.4 is 0 Å². The number of aryl methyl sites for hydroxylation is 1. The van der Waals surface area contributed by atoms with Gasteiger partial charge in [0.15, 0.2) is 5.82 Å². The summed E-state index contributed by atoms with van der Waals surface area (Å²) in [5, 5.41) is 22.5. The second kappa shape index (κ2) is 4.22. The van der Waals surface area contributed by atoms with E-state index in [2.05, 4.69) is 10.1 Å². The van der Waals surface area contributed by atoms with Crippen LogP contribution >= 0.6 is 0 Å². The quantitative estimate of drug-likeness (QED) is 0.828. The van der Waals surface area contributed by atoms with Gasteiger partial charge in [-0.05, 0) is 18.6 Å². The Morgan fingerprint density at radius 2 is 2.12 bits per heavy atom. The molecule has 0 saturated carbocycles. The van der Waals surface area contributed by atoms with Crippen LogP contribution in [0, 0.1) is 0 Å². The maximum Gasteiger partial charge on any atom is 0.261 e. The summed E-state index contributed by atoms with van der Waals surface area (Å²) in [6.45, 7) is 2.02. The first-order chi connectivity index (χ1) is 7.70. The van der Waals surface area contributed by atoms with E-state index >= 15 is 0 Å². The van der Waals surface area contributed by atoms with Crippen LogP contribution in [0.2, 0.25) is 0 Å². The van der Waals surface area contributed by atoms with Gasteiger partial charge in [-0.1, -0.05) is 12.1 Å². The van der Waals surface area contributed by atoms with Crippen molar-refractivity contribution in [3.8, 4) is 23.0 Å². The number of aromatic nitrogens is 2. The Labute approximate surface area is 92.4 Å². The van der Waals surface area contributed by atoms with Crippen LogP contribution in [0.25, 0.3) is 11.5 Å². The summed E-state index contributed by atoms with van der Waals surface area (Å²) in [6, 6.07) is 4.23. The summed E-state index contributed by atoms with van der Waals surface area (Å²) >= 11 is 0. The van der Waals surface area contributed by atoms with E-state index in [1.165, 1.54) is 18.2 Å². The third-order valence-electron chi connectivity index (χ3n) is 2.15. The van der Waals surface area contributed by atoms with E-state index in [0.29, 0.717) is 11.4 Å². The second-order valence-corrected chi connectivity index (χ2v) is 3.47. The summed E-state index contributed by atoms with van der Waals surface area (Å²) in [5.74, 6) is 0.798. The van der Waals surface area contributed by atoms with Crippen molar-refractivity contribution >= 4 is 0 Å². The molecule has 2 N–H and O–H groups in total. The van der Waals surface area contributed by atoms with E-state index < -0.39 is 0 Å². The highest BCUT2D eigenvalue weighted by molar-refractivity contribution is 5.63. The average molecular weight is 220 g/mol. The van der Waals surface area contributed by atoms with Crippen LogP contribution in [-0.2, 0) is 6.42 Å². The smallest absolute Gasteiger partial charge is 0.261 e. The molecule has 0 bridgehead atoms. The lowest BCUT2D eigenvalue weighted by molar-refractivity contribution is 0.415. The Hall–Kier alpha value is -2.04. The topological polar surface area (TPSA) is 79.4 Å². The van der Waals surface area contributed by atoms with Crippen LogP contribution in [0.1, 0.15) is 19.2 Å². The minimum absolute atomic E-state index is 0.00505. The summed E-state index contributed by atoms with van der Waals surface area (Å²) in [5.41, 5.74) is 0.424. The Kier molecular flexibility index (Phi) is 2.76. The molecule has 5 heteroatoms. The van der Waals surface area contributed by atoms with Crippen LogP contribution in [0.4, 0.5) is 0 Å². The number of phenols is 2. The number of benzene rings is 1. The van der Waals surface area contributed by atoms with E-state index in [4.69, 9.17) is 9.63 Å². The minimum atomic E-state index is -0.0771. The minimum Gasteiger partial charge on any atom is -0.508 e. The highest BCUT2D eigenvalue weighted by atomic mass is 16.5. The molecule has 16 heavy (non-hydrogen) atoms. The number of hydrogen-bond donors (Lipinski definition) is 2. The van der Waals surface area contributed by atoms with Gasteiger partial charge >= 0.3 is 0 Å². The van der Waals surface area contributed by atoms with E-state index in [-0.39, 0.29) is 17.4 Å². The Balaban J connectivity index is 2.35. The third-order valence-corrected chi connectivity index (χ3v) is 2.15. The van der Waals surface area contributed by atoms with Crippen molar-refractivity contribution < 1.29 is 14.7 Å². The van der Waals surface area contributed by atoms with Gasteiger partial charge in [0.05, 0.1) is 5.56 Å². The lowest BCUT2D eigenvalue weighted by Crippen LogP contribution is -1.85. The lowest BCUT2D eigenvalue weighted by Gasteiger charge is -1.98. The molecule has 0 unspecified atom stereocenters. The average Bonchev–Trinajstić information content (AvgIpc) is 2.67. The van der Waals surface area contributed by atoms with Crippen LogP contribution in [0.3, 0.4) is 0 Å². The highest BCUT2D eigenvalue weighted by Crippen LogP contribution is 2.30. The zero-order valence-corrected chi connectivity index (χ0v) is 8.84. The predicted molar refractivity (Wildman–Crippen MR) is 57.1 cm³/mol. The van der Waals surface area contributed by atoms with Gasteiger partial charge in [-0.2, -0.15) is 4.98 Å². The Morgan fingerprint density at radius 3 is 2.81 bits per heavy atom. The summed E-state index contributed by atoms with van der Waals surface area (Å²) in [7, 11) is 0. The molecule has 0 aliphatic rings. The highest BCUT2D eigenvalue weighted by Gasteiger charge is 2.12. The molecule has 0 radical (unpaired) electrons. The van der Waals surface area contributed by atoms with Gasteiger partial charge in [-0.25, -0.2) is 0 Å². The molecule has 0 aliphatic heterocycles. The van der Waals surface area contributed by atoms with Crippen LogP contribution in [0.5, 0.6) is 11.5 Å². The molecule has 1 aromatic carbocycles. The number of rotatable bonds is 3. The van der Waals surface area contributed by atoms with Gasteiger partial charge in [0.2, 0.25) is 0 Å². The molecule has 0 spiro atoms. The summed E-state index contributed by atoms with van der Waals surface area (Å²) in [4.78, 5) is 4.14. The van der Waals surface area contributed by atoms with Crippen molar-refractivity contribution in [1.82, 2.24) is 10.1 Å². The fourth-order valence-corrected chi connectivity index (χ4v) is 1.39. The molecule has 0 saturated heterocycles. The maximum absolute atomic E-state index is 9.60.